The van der Waals surface area contributed by atoms with E-state index in [0.29, 0.717) is 5.57 Å². The maximum atomic E-state index is 12.8. The van der Waals surface area contributed by atoms with E-state index < -0.39 is 12.6 Å². The Balaban J connectivity index is 4.03. The maximum Gasteiger partial charge on any atom is 0.251 e. The van der Waals surface area contributed by atoms with Crippen molar-refractivity contribution in [1.82, 2.24) is 0 Å². The fourth-order valence-electron chi connectivity index (χ4n) is 0.913. The second-order valence-electron chi connectivity index (χ2n) is 2.77. The Bertz CT molecular complexity index is 150. The van der Waals surface area contributed by atoms with Gasteiger partial charge in [-0.05, 0) is 13.3 Å². The van der Waals surface area contributed by atoms with E-state index in [1.54, 1.807) is 13.0 Å². The molecule has 0 nitrogen and oxygen atoms in total. The first kappa shape index (κ1) is 11.5. The highest BCUT2D eigenvalue weighted by Crippen LogP contribution is 2.27. The first-order valence-electron chi connectivity index (χ1n) is 4.13. The van der Waals surface area contributed by atoms with Crippen molar-refractivity contribution >= 4 is 0 Å². The minimum atomic E-state index is -2.67. The maximum absolute atomic E-state index is 12.8. The van der Waals surface area contributed by atoms with Crippen LogP contribution >= 0.6 is 0 Å². The Hall–Kier alpha value is -0.470. The lowest BCUT2D eigenvalue weighted by molar-refractivity contribution is -0.00299. The molecule has 0 unspecified atom stereocenters. The van der Waals surface area contributed by atoms with Crippen LogP contribution in [0.3, 0.4) is 0 Å². The molecule has 0 saturated heterocycles. The monoisotopic (exact) mass is 180 g/mol. The molecule has 3 heteroatoms. The lowest BCUT2D eigenvalue weighted by atomic mass is 10.0. The number of halogens is 3. The molecule has 0 aliphatic rings. The number of rotatable bonds is 5. The van der Waals surface area contributed by atoms with Crippen LogP contribution in [0.2, 0.25) is 0 Å². The van der Waals surface area contributed by atoms with Crippen molar-refractivity contribution in [2.45, 2.75) is 39.0 Å². The largest absolute Gasteiger partial charge is 0.251 e. The van der Waals surface area contributed by atoms with E-state index in [9.17, 15) is 13.2 Å². The lowest BCUT2D eigenvalue weighted by Gasteiger charge is -2.15. The molecule has 12 heavy (non-hydrogen) atoms. The molecule has 0 aromatic heterocycles. The highest BCUT2D eigenvalue weighted by molar-refractivity contribution is 5.03. The zero-order chi connectivity index (χ0) is 9.61. The van der Waals surface area contributed by atoms with Crippen LogP contribution in [0, 0.1) is 0 Å². The van der Waals surface area contributed by atoms with Crippen LogP contribution in [0.25, 0.3) is 0 Å². The zero-order valence-corrected chi connectivity index (χ0v) is 7.54. The van der Waals surface area contributed by atoms with Crippen LogP contribution in [0.1, 0.15) is 33.1 Å². The van der Waals surface area contributed by atoms with Crippen molar-refractivity contribution in [3.05, 3.63) is 11.6 Å². The third-order valence-corrected chi connectivity index (χ3v) is 1.83. The van der Waals surface area contributed by atoms with Gasteiger partial charge in [0, 0.05) is 12.8 Å². The first-order chi connectivity index (χ1) is 5.55. The molecule has 0 saturated carbocycles. The summed E-state index contributed by atoms with van der Waals surface area (Å²) in [6.07, 6.45) is 1.22. The van der Waals surface area contributed by atoms with Gasteiger partial charge in [-0.25, -0.2) is 8.78 Å². The highest BCUT2D eigenvalue weighted by Gasteiger charge is 2.26. The predicted molar refractivity (Wildman–Crippen MR) is 44.2 cm³/mol. The summed E-state index contributed by atoms with van der Waals surface area (Å²) in [7, 11) is 0. The summed E-state index contributed by atoms with van der Waals surface area (Å²) < 4.78 is 37.3. The van der Waals surface area contributed by atoms with Crippen molar-refractivity contribution in [2.75, 3.05) is 6.67 Å². The molecule has 0 fully saturated rings. The molecule has 0 aromatic rings. The molecule has 0 atom stereocenters. The van der Waals surface area contributed by atoms with E-state index in [4.69, 9.17) is 0 Å². The van der Waals surface area contributed by atoms with Crippen molar-refractivity contribution in [3.8, 4) is 0 Å². The zero-order valence-electron chi connectivity index (χ0n) is 7.54. The standard InChI is InChI=1S/C9H15F3/c1-3-8(5-6-10)7-9(11,12)4-2/h3H,4-7H2,1-2H3/b8-3-. The van der Waals surface area contributed by atoms with Crippen LogP contribution in [0.15, 0.2) is 11.6 Å². The van der Waals surface area contributed by atoms with E-state index >= 15 is 0 Å². The average Bonchev–Trinajstić information content (AvgIpc) is 2.03. The van der Waals surface area contributed by atoms with E-state index in [1.165, 1.54) is 6.92 Å². The quantitative estimate of drug-likeness (QED) is 0.565. The van der Waals surface area contributed by atoms with Crippen LogP contribution in [0.4, 0.5) is 13.2 Å². The summed E-state index contributed by atoms with van der Waals surface area (Å²) in [6.45, 7) is 2.54. The van der Waals surface area contributed by atoms with Gasteiger partial charge in [0.05, 0.1) is 6.67 Å². The number of hydrogen-bond donors (Lipinski definition) is 0. The van der Waals surface area contributed by atoms with Gasteiger partial charge in [-0.1, -0.05) is 18.6 Å². The van der Waals surface area contributed by atoms with Gasteiger partial charge in [-0.2, -0.15) is 0 Å². The van der Waals surface area contributed by atoms with Gasteiger partial charge in [0.15, 0.2) is 0 Å². The van der Waals surface area contributed by atoms with Crippen LogP contribution in [-0.2, 0) is 0 Å². The molecule has 72 valence electrons. The molecule has 0 aliphatic carbocycles. The van der Waals surface area contributed by atoms with E-state index in [2.05, 4.69) is 0 Å². The van der Waals surface area contributed by atoms with Crippen LogP contribution in [-0.4, -0.2) is 12.6 Å². The van der Waals surface area contributed by atoms with Crippen molar-refractivity contribution in [1.29, 1.82) is 0 Å². The molecule has 0 bridgehead atoms. The van der Waals surface area contributed by atoms with Crippen molar-refractivity contribution < 1.29 is 13.2 Å². The van der Waals surface area contributed by atoms with Gasteiger partial charge in [0.2, 0.25) is 0 Å². The molecule has 0 amide bonds. The molecule has 0 aliphatic heterocycles. The van der Waals surface area contributed by atoms with Crippen molar-refractivity contribution in [2.24, 2.45) is 0 Å². The molecular weight excluding hydrogens is 165 g/mol. The summed E-state index contributed by atoms with van der Waals surface area (Å²) in [4.78, 5) is 0. The topological polar surface area (TPSA) is 0 Å². The van der Waals surface area contributed by atoms with Crippen LogP contribution in [0.5, 0.6) is 0 Å². The fraction of sp³-hybridized carbons (Fsp3) is 0.778. The Kier molecular flexibility index (Phi) is 5.02. The minimum absolute atomic E-state index is 0.131. The van der Waals surface area contributed by atoms with E-state index in [1.807, 2.05) is 0 Å². The number of hydrogen-bond acceptors (Lipinski definition) is 0. The second kappa shape index (κ2) is 5.22. The molecule has 0 heterocycles. The molecule has 0 radical (unpaired) electrons. The number of alkyl halides is 3. The van der Waals surface area contributed by atoms with E-state index in [-0.39, 0.29) is 19.3 Å². The van der Waals surface area contributed by atoms with Gasteiger partial charge >= 0.3 is 0 Å². The van der Waals surface area contributed by atoms with Gasteiger partial charge in [0.25, 0.3) is 5.92 Å². The second-order valence-corrected chi connectivity index (χ2v) is 2.77. The SMILES string of the molecule is C/C=C(/CCF)CC(F)(F)CC. The highest BCUT2D eigenvalue weighted by atomic mass is 19.3. The minimum Gasteiger partial charge on any atom is -0.251 e. The summed E-state index contributed by atoms with van der Waals surface area (Å²) >= 11 is 0. The summed E-state index contributed by atoms with van der Waals surface area (Å²) in [5.74, 6) is -2.67. The van der Waals surface area contributed by atoms with Crippen LogP contribution < -0.4 is 0 Å². The Labute approximate surface area is 71.5 Å². The predicted octanol–water partition coefficient (Wildman–Crippen LogP) is 3.73. The number of allylic oxidation sites excluding steroid dienone is 2. The van der Waals surface area contributed by atoms with Gasteiger partial charge < -0.3 is 0 Å². The third kappa shape index (κ3) is 4.42. The van der Waals surface area contributed by atoms with E-state index in [0.717, 1.165) is 0 Å². The average molecular weight is 180 g/mol. The summed E-state index contributed by atoms with van der Waals surface area (Å²) in [6, 6.07) is 0. The first-order valence-corrected chi connectivity index (χ1v) is 4.13. The van der Waals surface area contributed by atoms with Crippen molar-refractivity contribution in [3.63, 3.8) is 0 Å². The Morgan fingerprint density at radius 3 is 2.33 bits per heavy atom. The summed E-state index contributed by atoms with van der Waals surface area (Å²) in [5, 5.41) is 0. The fourth-order valence-corrected chi connectivity index (χ4v) is 0.913. The molecular formula is C9H15F3. The third-order valence-electron chi connectivity index (χ3n) is 1.83. The van der Waals surface area contributed by atoms with Gasteiger partial charge in [0.1, 0.15) is 0 Å². The normalized spacial score (nSPS) is 13.6. The Morgan fingerprint density at radius 1 is 1.42 bits per heavy atom. The Morgan fingerprint density at radius 2 is 2.00 bits per heavy atom. The molecule has 0 spiro atoms. The molecule has 0 rings (SSSR count). The molecule has 0 N–H and O–H groups in total. The summed E-state index contributed by atoms with van der Waals surface area (Å²) in [5.41, 5.74) is 0.504. The lowest BCUT2D eigenvalue weighted by Crippen LogP contribution is -2.15. The molecule has 0 aromatic carbocycles. The van der Waals surface area contributed by atoms with Gasteiger partial charge in [-0.15, -0.1) is 0 Å². The van der Waals surface area contributed by atoms with Gasteiger partial charge in [-0.3, -0.25) is 4.39 Å². The smallest absolute Gasteiger partial charge is 0.251 e.